The predicted molar refractivity (Wildman–Crippen MR) is 46.3 cm³/mol. The summed E-state index contributed by atoms with van der Waals surface area (Å²) in [6.07, 6.45) is 1.69. The Kier molecular flexibility index (Phi) is 1.87. The summed E-state index contributed by atoms with van der Waals surface area (Å²) in [7, 11) is 0. The Morgan fingerprint density at radius 3 is 2.75 bits per heavy atom. The summed E-state index contributed by atoms with van der Waals surface area (Å²) < 4.78 is 0.489. The fraction of sp³-hybridized carbons (Fsp3) is 0. The fourth-order valence-electron chi connectivity index (χ4n) is 0.824. The smallest absolute Gasteiger partial charge is 0.0757 e. The van der Waals surface area contributed by atoms with Crippen molar-refractivity contribution in [1.82, 2.24) is 20.2 Å². The lowest BCUT2D eigenvalue weighted by atomic mass is 10.3. The van der Waals surface area contributed by atoms with Crippen molar-refractivity contribution in [3.8, 4) is 11.5 Å². The topological polar surface area (TPSA) is 52.8 Å². The Labute approximate surface area is 77.2 Å². The highest BCUT2D eigenvalue weighted by molar-refractivity contribution is 9.10. The Morgan fingerprint density at radius 1 is 1.25 bits per heavy atom. The molecule has 2 rings (SSSR count). The molecule has 0 saturated heterocycles. The second kappa shape index (κ2) is 3.02. The van der Waals surface area contributed by atoms with Crippen LogP contribution in [-0.2, 0) is 0 Å². The summed E-state index contributed by atoms with van der Waals surface area (Å²) in [6.45, 7) is 0. The zero-order valence-electron chi connectivity index (χ0n) is 5.98. The van der Waals surface area contributed by atoms with Gasteiger partial charge in [-0.15, -0.1) is 0 Å². The molecule has 0 N–H and O–H groups in total. The van der Waals surface area contributed by atoms with E-state index in [2.05, 4.69) is 36.1 Å². The van der Waals surface area contributed by atoms with E-state index in [1.165, 1.54) is 0 Å². The standard InChI is InChI=1S/C7H4BrN4/c8-7-10-6(11-12-7)5-3-1-2-4-9-5/h1-4H/q-1. The van der Waals surface area contributed by atoms with Crippen molar-refractivity contribution in [1.29, 1.82) is 0 Å². The lowest BCUT2D eigenvalue weighted by Gasteiger charge is -1.96. The van der Waals surface area contributed by atoms with Crippen molar-refractivity contribution in [2.24, 2.45) is 0 Å². The highest BCUT2D eigenvalue weighted by Gasteiger charge is 1.93. The van der Waals surface area contributed by atoms with Gasteiger partial charge in [-0.05, 0) is 28.1 Å². The van der Waals surface area contributed by atoms with Crippen LogP contribution in [0.1, 0.15) is 0 Å². The van der Waals surface area contributed by atoms with E-state index >= 15 is 0 Å². The second-order valence-corrected chi connectivity index (χ2v) is 2.83. The van der Waals surface area contributed by atoms with Gasteiger partial charge in [0.05, 0.1) is 10.4 Å². The fourth-order valence-corrected chi connectivity index (χ4v) is 1.07. The molecule has 0 aliphatic heterocycles. The third kappa shape index (κ3) is 1.35. The lowest BCUT2D eigenvalue weighted by Crippen LogP contribution is -1.85. The summed E-state index contributed by atoms with van der Waals surface area (Å²) in [5.41, 5.74) is 0.732. The monoisotopic (exact) mass is 223 g/mol. The van der Waals surface area contributed by atoms with Gasteiger partial charge in [-0.2, -0.15) is 0 Å². The van der Waals surface area contributed by atoms with Gasteiger partial charge < -0.3 is 15.2 Å². The van der Waals surface area contributed by atoms with Crippen LogP contribution in [0.2, 0.25) is 0 Å². The first kappa shape index (κ1) is 7.42. The van der Waals surface area contributed by atoms with Gasteiger partial charge in [0.1, 0.15) is 0 Å². The molecule has 2 heterocycles. The molecule has 0 unspecified atom stereocenters. The molecule has 2 aromatic heterocycles. The largest absolute Gasteiger partial charge is 0.350 e. The van der Waals surface area contributed by atoms with Gasteiger partial charge >= 0.3 is 0 Å². The minimum absolute atomic E-state index is 0.489. The van der Waals surface area contributed by atoms with E-state index in [-0.39, 0.29) is 0 Å². The van der Waals surface area contributed by atoms with Crippen LogP contribution in [0.25, 0.3) is 11.5 Å². The van der Waals surface area contributed by atoms with E-state index in [9.17, 15) is 0 Å². The van der Waals surface area contributed by atoms with Crippen LogP contribution in [0.5, 0.6) is 0 Å². The molecule has 0 saturated carbocycles. The Balaban J connectivity index is 2.45. The molecule has 0 aliphatic rings. The first-order valence-corrected chi connectivity index (χ1v) is 4.10. The summed E-state index contributed by atoms with van der Waals surface area (Å²) in [4.78, 5) is 8.09. The van der Waals surface area contributed by atoms with E-state index in [4.69, 9.17) is 0 Å². The van der Waals surface area contributed by atoms with Crippen molar-refractivity contribution in [3.05, 3.63) is 29.1 Å². The molecule has 12 heavy (non-hydrogen) atoms. The molecule has 0 atom stereocenters. The maximum atomic E-state index is 4.08. The van der Waals surface area contributed by atoms with Crippen molar-refractivity contribution < 1.29 is 0 Å². The third-order valence-electron chi connectivity index (χ3n) is 1.32. The van der Waals surface area contributed by atoms with Gasteiger partial charge in [-0.25, -0.2) is 0 Å². The maximum absolute atomic E-state index is 4.08. The molecule has 0 radical (unpaired) electrons. The summed E-state index contributed by atoms with van der Waals surface area (Å²) in [5, 5.41) is 7.52. The molecule has 0 amide bonds. The third-order valence-corrected chi connectivity index (χ3v) is 1.66. The minimum atomic E-state index is 0.489. The molecule has 60 valence electrons. The molecular formula is C7H4BrN4-. The second-order valence-electron chi connectivity index (χ2n) is 2.12. The van der Waals surface area contributed by atoms with Crippen molar-refractivity contribution in [3.63, 3.8) is 0 Å². The number of nitrogens with zero attached hydrogens (tertiary/aromatic N) is 4. The van der Waals surface area contributed by atoms with Crippen LogP contribution in [0, 0.1) is 0 Å². The van der Waals surface area contributed by atoms with Crippen LogP contribution in [0.4, 0.5) is 0 Å². The molecule has 0 spiro atoms. The van der Waals surface area contributed by atoms with Crippen LogP contribution in [0.15, 0.2) is 29.1 Å². The summed E-state index contributed by atoms with van der Waals surface area (Å²) in [5.74, 6) is 0.544. The van der Waals surface area contributed by atoms with Crippen LogP contribution in [0.3, 0.4) is 0 Å². The van der Waals surface area contributed by atoms with Gasteiger partial charge in [0.15, 0.2) is 0 Å². The average molecular weight is 224 g/mol. The molecule has 4 nitrogen and oxygen atoms in total. The van der Waals surface area contributed by atoms with Gasteiger partial charge in [0.2, 0.25) is 0 Å². The first-order chi connectivity index (χ1) is 5.86. The van der Waals surface area contributed by atoms with E-state index in [1.54, 1.807) is 6.20 Å². The van der Waals surface area contributed by atoms with Crippen LogP contribution < -0.4 is 4.98 Å². The van der Waals surface area contributed by atoms with Gasteiger partial charge in [0, 0.05) is 12.0 Å². The Morgan fingerprint density at radius 2 is 2.17 bits per heavy atom. The Hall–Kier alpha value is -1.23. The zero-order valence-corrected chi connectivity index (χ0v) is 7.56. The molecule has 2 aromatic rings. The zero-order chi connectivity index (χ0) is 8.39. The average Bonchev–Trinajstić information content (AvgIpc) is 2.54. The molecule has 0 aliphatic carbocycles. The van der Waals surface area contributed by atoms with E-state index < -0.39 is 0 Å². The van der Waals surface area contributed by atoms with Crippen LogP contribution in [-0.4, -0.2) is 15.2 Å². The maximum Gasteiger partial charge on any atom is 0.0757 e. The predicted octanol–water partition coefficient (Wildman–Crippen LogP) is 1.26. The van der Waals surface area contributed by atoms with Gasteiger partial charge in [-0.1, -0.05) is 6.07 Å². The van der Waals surface area contributed by atoms with Crippen molar-refractivity contribution in [2.75, 3.05) is 0 Å². The number of hydrogen-bond donors (Lipinski definition) is 0. The van der Waals surface area contributed by atoms with Crippen molar-refractivity contribution >= 4 is 15.9 Å². The van der Waals surface area contributed by atoms with Crippen molar-refractivity contribution in [2.45, 2.75) is 0 Å². The highest BCUT2D eigenvalue weighted by Crippen LogP contribution is 2.10. The quantitative estimate of drug-likeness (QED) is 0.731. The highest BCUT2D eigenvalue weighted by atomic mass is 79.9. The Bertz CT molecular complexity index is 370. The number of hydrogen-bond acceptors (Lipinski definition) is 3. The van der Waals surface area contributed by atoms with Gasteiger partial charge in [-0.3, -0.25) is 4.98 Å². The summed E-state index contributed by atoms with van der Waals surface area (Å²) >= 11 is 3.12. The van der Waals surface area contributed by atoms with E-state index in [0.29, 0.717) is 10.6 Å². The number of pyridine rings is 1. The van der Waals surface area contributed by atoms with E-state index in [1.807, 2.05) is 18.2 Å². The minimum Gasteiger partial charge on any atom is -0.350 e. The molecule has 0 fully saturated rings. The van der Waals surface area contributed by atoms with Gasteiger partial charge in [0.25, 0.3) is 0 Å². The number of aromatic nitrogens is 4. The number of halogens is 1. The van der Waals surface area contributed by atoms with Crippen LogP contribution >= 0.6 is 15.9 Å². The molecular weight excluding hydrogens is 220 g/mol. The van der Waals surface area contributed by atoms with E-state index in [0.717, 1.165) is 5.69 Å². The first-order valence-electron chi connectivity index (χ1n) is 3.30. The molecule has 5 heteroatoms. The normalized spacial score (nSPS) is 10.1. The number of rotatable bonds is 1. The molecule has 0 aromatic carbocycles. The summed E-state index contributed by atoms with van der Waals surface area (Å²) in [6, 6.07) is 5.56. The SMILES string of the molecule is Brc1nnc(-c2ccccn2)[n-]1. The lowest BCUT2D eigenvalue weighted by molar-refractivity contribution is 1.07. The molecule has 0 bridgehead atoms.